The van der Waals surface area contributed by atoms with Crippen molar-refractivity contribution < 1.29 is 4.74 Å². The average molecular weight is 250 g/mol. The minimum atomic E-state index is 0.514. The van der Waals surface area contributed by atoms with Gasteiger partial charge < -0.3 is 15.0 Å². The van der Waals surface area contributed by atoms with Gasteiger partial charge in [0, 0.05) is 19.1 Å². The van der Waals surface area contributed by atoms with Crippen molar-refractivity contribution in [3.05, 3.63) is 12.4 Å². The molecule has 18 heavy (non-hydrogen) atoms. The van der Waals surface area contributed by atoms with Gasteiger partial charge in [-0.05, 0) is 25.8 Å². The Labute approximate surface area is 109 Å². The fraction of sp³-hybridized carbons (Fsp3) is 0.692. The van der Waals surface area contributed by atoms with Crippen LogP contribution in [0, 0.1) is 0 Å². The van der Waals surface area contributed by atoms with E-state index in [0.717, 1.165) is 25.5 Å². The second-order valence-corrected chi connectivity index (χ2v) is 4.57. The third-order valence-electron chi connectivity index (χ3n) is 3.36. The van der Waals surface area contributed by atoms with Crippen LogP contribution < -0.4 is 15.0 Å². The van der Waals surface area contributed by atoms with E-state index in [-0.39, 0.29) is 0 Å². The van der Waals surface area contributed by atoms with Crippen molar-refractivity contribution in [3.8, 4) is 5.88 Å². The summed E-state index contributed by atoms with van der Waals surface area (Å²) in [6.45, 7) is 5.21. The Morgan fingerprint density at radius 2 is 2.33 bits per heavy atom. The molecule has 1 N–H and O–H groups in total. The topological polar surface area (TPSA) is 50.3 Å². The largest absolute Gasteiger partial charge is 0.480 e. The maximum atomic E-state index is 5.15. The molecule has 0 spiro atoms. The molecule has 5 nitrogen and oxygen atoms in total. The van der Waals surface area contributed by atoms with Crippen LogP contribution in [0.3, 0.4) is 0 Å². The van der Waals surface area contributed by atoms with Crippen molar-refractivity contribution >= 4 is 5.82 Å². The molecule has 1 atom stereocenters. The van der Waals surface area contributed by atoms with Gasteiger partial charge in [0.2, 0.25) is 5.88 Å². The van der Waals surface area contributed by atoms with E-state index >= 15 is 0 Å². The lowest BCUT2D eigenvalue weighted by atomic mass is 10.0. The van der Waals surface area contributed by atoms with Crippen LogP contribution in [0.1, 0.15) is 26.2 Å². The Morgan fingerprint density at radius 1 is 1.44 bits per heavy atom. The third-order valence-corrected chi connectivity index (χ3v) is 3.36. The average Bonchev–Trinajstić information content (AvgIpc) is 2.45. The van der Waals surface area contributed by atoms with Crippen molar-refractivity contribution in [2.24, 2.45) is 0 Å². The van der Waals surface area contributed by atoms with Crippen LogP contribution >= 0.6 is 0 Å². The lowest BCUT2D eigenvalue weighted by Gasteiger charge is -2.36. The van der Waals surface area contributed by atoms with Gasteiger partial charge >= 0.3 is 0 Å². The summed E-state index contributed by atoms with van der Waals surface area (Å²) in [6.07, 6.45) is 7.21. The third kappa shape index (κ3) is 3.10. The van der Waals surface area contributed by atoms with Gasteiger partial charge in [0.1, 0.15) is 0 Å². The molecule has 1 aromatic rings. The van der Waals surface area contributed by atoms with Crippen molar-refractivity contribution in [2.75, 3.05) is 31.6 Å². The van der Waals surface area contributed by atoms with E-state index in [1.807, 2.05) is 6.20 Å². The number of nitrogens with zero attached hydrogens (tertiary/aromatic N) is 3. The monoisotopic (exact) mass is 250 g/mol. The standard InChI is InChI=1S/C13H22N4O/c1-3-14-8-11-6-4-5-7-17(11)12-9-15-10-13(16-12)18-2/h9-11,14H,3-8H2,1-2H3. The molecule has 1 saturated heterocycles. The minimum Gasteiger partial charge on any atom is -0.480 e. The molecule has 2 heterocycles. The quantitative estimate of drug-likeness (QED) is 0.857. The van der Waals surface area contributed by atoms with Gasteiger partial charge in [0.05, 0.1) is 19.5 Å². The highest BCUT2D eigenvalue weighted by molar-refractivity contribution is 5.39. The lowest BCUT2D eigenvalue weighted by Crippen LogP contribution is -2.46. The number of hydrogen-bond acceptors (Lipinski definition) is 5. The first kappa shape index (κ1) is 13.1. The number of ether oxygens (including phenoxy) is 1. The highest BCUT2D eigenvalue weighted by atomic mass is 16.5. The molecule has 0 aliphatic carbocycles. The maximum absolute atomic E-state index is 5.15. The van der Waals surface area contributed by atoms with Crippen LogP contribution in [0.25, 0.3) is 0 Å². The molecule has 100 valence electrons. The van der Waals surface area contributed by atoms with E-state index in [4.69, 9.17) is 4.74 Å². The fourth-order valence-corrected chi connectivity index (χ4v) is 2.40. The number of piperidine rings is 1. The molecule has 0 amide bonds. The highest BCUT2D eigenvalue weighted by Crippen LogP contribution is 2.23. The number of aromatic nitrogens is 2. The molecular weight excluding hydrogens is 228 g/mol. The second kappa shape index (κ2) is 6.54. The summed E-state index contributed by atoms with van der Waals surface area (Å²) < 4.78 is 5.15. The van der Waals surface area contributed by atoms with Crippen LogP contribution in [0.5, 0.6) is 5.88 Å². The van der Waals surface area contributed by atoms with E-state index in [9.17, 15) is 0 Å². The van der Waals surface area contributed by atoms with E-state index in [1.165, 1.54) is 19.3 Å². The van der Waals surface area contributed by atoms with Gasteiger partial charge in [-0.2, -0.15) is 4.98 Å². The molecule has 0 bridgehead atoms. The normalized spacial score (nSPS) is 19.9. The van der Waals surface area contributed by atoms with E-state index in [2.05, 4.69) is 27.1 Å². The van der Waals surface area contributed by atoms with Gasteiger partial charge in [0.15, 0.2) is 5.82 Å². The SMILES string of the molecule is CCNCC1CCCCN1c1cncc(OC)n1. The van der Waals surface area contributed by atoms with Gasteiger partial charge in [-0.15, -0.1) is 0 Å². The maximum Gasteiger partial charge on any atom is 0.233 e. The summed E-state index contributed by atoms with van der Waals surface area (Å²) in [4.78, 5) is 11.0. The number of methoxy groups -OCH3 is 1. The van der Waals surface area contributed by atoms with E-state index in [0.29, 0.717) is 11.9 Å². The van der Waals surface area contributed by atoms with Crippen LogP contribution in [0.15, 0.2) is 12.4 Å². The number of hydrogen-bond donors (Lipinski definition) is 1. The van der Waals surface area contributed by atoms with Crippen LogP contribution in [0.2, 0.25) is 0 Å². The Bertz CT molecular complexity index is 372. The highest BCUT2D eigenvalue weighted by Gasteiger charge is 2.23. The molecule has 1 aliphatic heterocycles. The Morgan fingerprint density at radius 3 is 3.11 bits per heavy atom. The molecule has 1 aromatic heterocycles. The number of anilines is 1. The molecule has 2 rings (SSSR count). The summed E-state index contributed by atoms with van der Waals surface area (Å²) in [5.74, 6) is 1.51. The van der Waals surface area contributed by atoms with Crippen LogP contribution in [-0.4, -0.2) is 42.8 Å². The number of rotatable bonds is 5. The molecule has 1 aliphatic rings. The fourth-order valence-electron chi connectivity index (χ4n) is 2.40. The summed E-state index contributed by atoms with van der Waals surface area (Å²) in [5, 5.41) is 3.43. The zero-order valence-electron chi connectivity index (χ0n) is 11.2. The summed E-state index contributed by atoms with van der Waals surface area (Å²) in [6, 6.07) is 0.514. The molecule has 0 saturated carbocycles. The minimum absolute atomic E-state index is 0.514. The van der Waals surface area contributed by atoms with E-state index < -0.39 is 0 Å². The zero-order valence-corrected chi connectivity index (χ0v) is 11.2. The zero-order chi connectivity index (χ0) is 12.8. The number of likely N-dealkylation sites (N-methyl/N-ethyl adjacent to an activating group) is 1. The summed E-state index contributed by atoms with van der Waals surface area (Å²) >= 11 is 0. The van der Waals surface area contributed by atoms with E-state index in [1.54, 1.807) is 13.3 Å². The lowest BCUT2D eigenvalue weighted by molar-refractivity contribution is 0.391. The van der Waals surface area contributed by atoms with Crippen LogP contribution in [0.4, 0.5) is 5.82 Å². The van der Waals surface area contributed by atoms with Crippen molar-refractivity contribution in [3.63, 3.8) is 0 Å². The number of nitrogens with one attached hydrogen (secondary N) is 1. The summed E-state index contributed by atoms with van der Waals surface area (Å²) in [5.41, 5.74) is 0. The molecule has 5 heteroatoms. The Hall–Kier alpha value is -1.36. The first-order valence-electron chi connectivity index (χ1n) is 6.68. The second-order valence-electron chi connectivity index (χ2n) is 4.57. The van der Waals surface area contributed by atoms with Crippen LogP contribution in [-0.2, 0) is 0 Å². The summed E-state index contributed by atoms with van der Waals surface area (Å²) in [7, 11) is 1.63. The molecule has 0 aromatic carbocycles. The molecule has 0 radical (unpaired) electrons. The molecule has 1 fully saturated rings. The Balaban J connectivity index is 2.11. The van der Waals surface area contributed by atoms with Crippen molar-refractivity contribution in [2.45, 2.75) is 32.2 Å². The Kier molecular flexibility index (Phi) is 4.75. The first-order chi connectivity index (χ1) is 8.85. The predicted molar refractivity (Wildman–Crippen MR) is 72.1 cm³/mol. The van der Waals surface area contributed by atoms with Gasteiger partial charge in [-0.1, -0.05) is 6.92 Å². The molecule has 1 unspecified atom stereocenters. The van der Waals surface area contributed by atoms with Crippen molar-refractivity contribution in [1.82, 2.24) is 15.3 Å². The van der Waals surface area contributed by atoms with Gasteiger partial charge in [-0.3, -0.25) is 4.98 Å². The molecular formula is C13H22N4O. The van der Waals surface area contributed by atoms with Gasteiger partial charge in [0.25, 0.3) is 0 Å². The predicted octanol–water partition coefficient (Wildman–Crippen LogP) is 1.45. The van der Waals surface area contributed by atoms with Gasteiger partial charge in [-0.25, -0.2) is 0 Å². The van der Waals surface area contributed by atoms with Crippen molar-refractivity contribution in [1.29, 1.82) is 0 Å². The first-order valence-corrected chi connectivity index (χ1v) is 6.68. The smallest absolute Gasteiger partial charge is 0.233 e.